The van der Waals surface area contributed by atoms with Crippen LogP contribution in [0.5, 0.6) is 0 Å². The summed E-state index contributed by atoms with van der Waals surface area (Å²) in [7, 11) is 0. The van der Waals surface area contributed by atoms with Crippen molar-refractivity contribution in [2.75, 3.05) is 0 Å². The van der Waals surface area contributed by atoms with Gasteiger partial charge in [0.2, 0.25) is 0 Å². The van der Waals surface area contributed by atoms with Crippen LogP contribution in [0.2, 0.25) is 0 Å². The minimum absolute atomic E-state index is 0.125. The summed E-state index contributed by atoms with van der Waals surface area (Å²) < 4.78 is 1.01. The van der Waals surface area contributed by atoms with Crippen LogP contribution >= 0.6 is 15.9 Å². The van der Waals surface area contributed by atoms with Crippen LogP contribution in [0.15, 0.2) is 27.7 Å². The molecule has 1 amide bonds. The lowest BCUT2D eigenvalue weighted by atomic mass is 10.0. The van der Waals surface area contributed by atoms with Crippen LogP contribution in [0.1, 0.15) is 22.3 Å². The van der Waals surface area contributed by atoms with Crippen LogP contribution in [0, 0.1) is 0 Å². The van der Waals surface area contributed by atoms with Gasteiger partial charge in [0.1, 0.15) is 0 Å². The molecule has 0 atom stereocenters. The average Bonchev–Trinajstić information content (AvgIpc) is 2.28. The van der Waals surface area contributed by atoms with Crippen molar-refractivity contribution in [2.45, 2.75) is 12.8 Å². The molecule has 1 heterocycles. The standard InChI is InChI=1S/C10H8BrNO/c11-8-3-4-9-7(6-8)2-1-5-12-10(9)13/h3-6H,1-2H2. The summed E-state index contributed by atoms with van der Waals surface area (Å²) in [6.07, 6.45) is 3.43. The van der Waals surface area contributed by atoms with E-state index in [9.17, 15) is 4.79 Å². The molecule has 0 aromatic heterocycles. The fourth-order valence-corrected chi connectivity index (χ4v) is 1.82. The van der Waals surface area contributed by atoms with Gasteiger partial charge in [-0.1, -0.05) is 15.9 Å². The minimum Gasteiger partial charge on any atom is -0.267 e. The Morgan fingerprint density at radius 1 is 1.38 bits per heavy atom. The van der Waals surface area contributed by atoms with Gasteiger partial charge >= 0.3 is 0 Å². The van der Waals surface area contributed by atoms with Crippen molar-refractivity contribution in [1.29, 1.82) is 0 Å². The second kappa shape index (κ2) is 3.42. The highest BCUT2D eigenvalue weighted by atomic mass is 79.9. The third kappa shape index (κ3) is 1.70. The van der Waals surface area contributed by atoms with Crippen molar-refractivity contribution < 1.29 is 4.79 Å². The molecule has 0 saturated heterocycles. The van der Waals surface area contributed by atoms with Gasteiger partial charge < -0.3 is 0 Å². The van der Waals surface area contributed by atoms with Gasteiger partial charge in [0.25, 0.3) is 5.91 Å². The summed E-state index contributed by atoms with van der Waals surface area (Å²) >= 11 is 3.38. The molecule has 0 saturated carbocycles. The third-order valence-corrected chi connectivity index (χ3v) is 2.54. The number of carbonyl (C=O) groups excluding carboxylic acids is 1. The second-order valence-electron chi connectivity index (χ2n) is 2.96. The van der Waals surface area contributed by atoms with Crippen LogP contribution in [-0.2, 0) is 6.42 Å². The number of nitrogens with zero attached hydrogens (tertiary/aromatic N) is 1. The molecule has 1 aliphatic rings. The smallest absolute Gasteiger partial charge is 0.267 e. The largest absolute Gasteiger partial charge is 0.276 e. The average molecular weight is 238 g/mol. The van der Waals surface area contributed by atoms with Crippen molar-refractivity contribution in [1.82, 2.24) is 0 Å². The van der Waals surface area contributed by atoms with E-state index < -0.39 is 0 Å². The molecule has 0 aliphatic carbocycles. The SMILES string of the molecule is O=C1N=CCCc2cc(Br)ccc21. The third-order valence-electron chi connectivity index (χ3n) is 2.05. The van der Waals surface area contributed by atoms with Crippen LogP contribution < -0.4 is 0 Å². The molecule has 1 aromatic carbocycles. The van der Waals surface area contributed by atoms with Crippen LogP contribution in [0.25, 0.3) is 0 Å². The van der Waals surface area contributed by atoms with Gasteiger partial charge in [-0.15, -0.1) is 0 Å². The van der Waals surface area contributed by atoms with E-state index in [0.717, 1.165) is 28.4 Å². The van der Waals surface area contributed by atoms with E-state index in [1.54, 1.807) is 6.21 Å². The van der Waals surface area contributed by atoms with Gasteiger partial charge in [0.15, 0.2) is 0 Å². The van der Waals surface area contributed by atoms with Gasteiger partial charge in [-0.05, 0) is 36.6 Å². The van der Waals surface area contributed by atoms with E-state index in [4.69, 9.17) is 0 Å². The number of halogens is 1. The number of hydrogen-bond acceptors (Lipinski definition) is 1. The number of amides is 1. The normalized spacial score (nSPS) is 15.3. The number of aryl methyl sites for hydroxylation is 1. The molecule has 0 unspecified atom stereocenters. The Kier molecular flexibility index (Phi) is 2.27. The molecule has 66 valence electrons. The highest BCUT2D eigenvalue weighted by Crippen LogP contribution is 2.20. The molecule has 2 nitrogen and oxygen atoms in total. The molecule has 3 heteroatoms. The number of aliphatic imine (C=N–C) groups is 1. The molecule has 0 fully saturated rings. The fraction of sp³-hybridized carbons (Fsp3) is 0.200. The highest BCUT2D eigenvalue weighted by Gasteiger charge is 2.12. The van der Waals surface area contributed by atoms with Gasteiger partial charge in [0, 0.05) is 16.3 Å². The summed E-state index contributed by atoms with van der Waals surface area (Å²) in [5.74, 6) is -0.125. The highest BCUT2D eigenvalue weighted by molar-refractivity contribution is 9.10. The molecule has 0 N–H and O–H groups in total. The van der Waals surface area contributed by atoms with Crippen molar-refractivity contribution in [2.24, 2.45) is 4.99 Å². The Balaban J connectivity index is 2.54. The van der Waals surface area contributed by atoms with E-state index in [2.05, 4.69) is 20.9 Å². The predicted molar refractivity (Wildman–Crippen MR) is 55.3 cm³/mol. The second-order valence-corrected chi connectivity index (χ2v) is 3.87. The lowest BCUT2D eigenvalue weighted by Crippen LogP contribution is -1.97. The van der Waals surface area contributed by atoms with Crippen LogP contribution in [-0.4, -0.2) is 12.1 Å². The number of hydrogen-bond donors (Lipinski definition) is 0. The first-order valence-corrected chi connectivity index (χ1v) is 4.92. The Labute approximate surface area is 84.8 Å². The Morgan fingerprint density at radius 2 is 2.23 bits per heavy atom. The van der Waals surface area contributed by atoms with E-state index in [-0.39, 0.29) is 5.91 Å². The lowest BCUT2D eigenvalue weighted by Gasteiger charge is -2.02. The monoisotopic (exact) mass is 237 g/mol. The Hall–Kier alpha value is -0.960. The zero-order valence-corrected chi connectivity index (χ0v) is 8.54. The summed E-state index contributed by atoms with van der Waals surface area (Å²) in [6.45, 7) is 0. The summed E-state index contributed by atoms with van der Waals surface area (Å²) in [5, 5.41) is 0. The number of carbonyl (C=O) groups is 1. The summed E-state index contributed by atoms with van der Waals surface area (Å²) in [5.41, 5.74) is 1.81. The van der Waals surface area contributed by atoms with E-state index >= 15 is 0 Å². The molecule has 1 aromatic rings. The topological polar surface area (TPSA) is 29.4 Å². The van der Waals surface area contributed by atoms with E-state index in [1.807, 2.05) is 18.2 Å². The zero-order chi connectivity index (χ0) is 9.26. The molecule has 0 spiro atoms. The van der Waals surface area contributed by atoms with Crippen molar-refractivity contribution in [3.05, 3.63) is 33.8 Å². The number of rotatable bonds is 0. The maximum atomic E-state index is 11.4. The van der Waals surface area contributed by atoms with Gasteiger partial charge in [-0.3, -0.25) is 4.79 Å². The first kappa shape index (κ1) is 8.63. The van der Waals surface area contributed by atoms with Gasteiger partial charge in [0.05, 0.1) is 0 Å². The van der Waals surface area contributed by atoms with Crippen molar-refractivity contribution in [3.63, 3.8) is 0 Å². The fourth-order valence-electron chi connectivity index (χ4n) is 1.41. The predicted octanol–water partition coefficient (Wildman–Crippen LogP) is 2.61. The molecule has 1 aliphatic heterocycles. The maximum absolute atomic E-state index is 11.4. The van der Waals surface area contributed by atoms with Crippen molar-refractivity contribution >= 4 is 28.1 Å². The van der Waals surface area contributed by atoms with Crippen LogP contribution in [0.3, 0.4) is 0 Å². The van der Waals surface area contributed by atoms with Gasteiger partial charge in [-0.2, -0.15) is 0 Å². The van der Waals surface area contributed by atoms with Gasteiger partial charge in [-0.25, -0.2) is 4.99 Å². The molecular weight excluding hydrogens is 230 g/mol. The molecular formula is C10H8BrNO. The first-order chi connectivity index (χ1) is 6.27. The molecule has 0 bridgehead atoms. The Bertz CT molecular complexity index is 385. The van der Waals surface area contributed by atoms with E-state index in [1.165, 1.54) is 0 Å². The van der Waals surface area contributed by atoms with Crippen LogP contribution in [0.4, 0.5) is 0 Å². The molecule has 13 heavy (non-hydrogen) atoms. The quantitative estimate of drug-likeness (QED) is 0.683. The summed E-state index contributed by atoms with van der Waals surface area (Å²) in [4.78, 5) is 15.2. The number of benzene rings is 1. The first-order valence-electron chi connectivity index (χ1n) is 4.12. The Morgan fingerprint density at radius 3 is 3.08 bits per heavy atom. The molecule has 0 radical (unpaired) electrons. The summed E-state index contributed by atoms with van der Waals surface area (Å²) in [6, 6.07) is 5.68. The zero-order valence-electron chi connectivity index (χ0n) is 6.96. The number of fused-ring (bicyclic) bond motifs is 1. The molecule has 2 rings (SSSR count). The lowest BCUT2D eigenvalue weighted by molar-refractivity contribution is 0.100. The minimum atomic E-state index is -0.125. The maximum Gasteiger partial charge on any atom is 0.276 e. The van der Waals surface area contributed by atoms with E-state index in [0.29, 0.717) is 0 Å². The van der Waals surface area contributed by atoms with Crippen molar-refractivity contribution in [3.8, 4) is 0 Å².